The zero-order valence-corrected chi connectivity index (χ0v) is 12.5. The van der Waals surface area contributed by atoms with E-state index < -0.39 is 0 Å². The first-order valence-corrected chi connectivity index (χ1v) is 7.82. The van der Waals surface area contributed by atoms with E-state index in [9.17, 15) is 0 Å². The second-order valence-corrected chi connectivity index (χ2v) is 5.61. The molecule has 0 bridgehead atoms. The van der Waals surface area contributed by atoms with Gasteiger partial charge in [-0.25, -0.2) is 0 Å². The number of hydrogen-bond acceptors (Lipinski definition) is 7. The summed E-state index contributed by atoms with van der Waals surface area (Å²) in [6.07, 6.45) is 7.15. The van der Waals surface area contributed by atoms with E-state index in [0.29, 0.717) is 29.2 Å². The number of aromatic nitrogens is 3. The van der Waals surface area contributed by atoms with Crippen LogP contribution in [-0.2, 0) is 0 Å². The van der Waals surface area contributed by atoms with Gasteiger partial charge < -0.3 is 15.4 Å². The molecule has 0 aromatic carbocycles. The molecule has 106 valence electrons. The van der Waals surface area contributed by atoms with Gasteiger partial charge in [-0.15, -0.1) is 0 Å². The molecule has 2 rings (SSSR count). The molecule has 2 N–H and O–H groups in total. The fourth-order valence-corrected chi connectivity index (χ4v) is 3.27. The summed E-state index contributed by atoms with van der Waals surface area (Å²) in [6.45, 7) is 0. The number of nitrogens with zero attached hydrogens (tertiary/aromatic N) is 3. The lowest BCUT2D eigenvalue weighted by atomic mass is 9.95. The summed E-state index contributed by atoms with van der Waals surface area (Å²) >= 11 is 1.91. The first-order chi connectivity index (χ1) is 9.26. The molecule has 0 saturated heterocycles. The second kappa shape index (κ2) is 6.79. The molecule has 2 unspecified atom stereocenters. The summed E-state index contributed by atoms with van der Waals surface area (Å²) in [5, 5.41) is 6.97. The SMILES string of the molecule is CNc1nc(NC2CCCCC2SC)nc(OC)n1. The Morgan fingerprint density at radius 3 is 2.58 bits per heavy atom. The fraction of sp³-hybridized carbons (Fsp3) is 0.750. The Labute approximate surface area is 118 Å². The lowest BCUT2D eigenvalue weighted by Gasteiger charge is -2.30. The third kappa shape index (κ3) is 3.62. The minimum Gasteiger partial charge on any atom is -0.467 e. The van der Waals surface area contributed by atoms with Crippen molar-refractivity contribution in [3.05, 3.63) is 0 Å². The minimum absolute atomic E-state index is 0.332. The summed E-state index contributed by atoms with van der Waals surface area (Å²) in [5.41, 5.74) is 0. The van der Waals surface area contributed by atoms with Crippen molar-refractivity contribution in [3.63, 3.8) is 0 Å². The van der Waals surface area contributed by atoms with Crippen LogP contribution >= 0.6 is 11.8 Å². The van der Waals surface area contributed by atoms with Crippen molar-refractivity contribution in [1.29, 1.82) is 0 Å². The zero-order chi connectivity index (χ0) is 13.7. The van der Waals surface area contributed by atoms with Gasteiger partial charge in [0.05, 0.1) is 7.11 Å². The van der Waals surface area contributed by atoms with Gasteiger partial charge in [-0.1, -0.05) is 12.8 Å². The molecule has 1 fully saturated rings. The lowest BCUT2D eigenvalue weighted by Crippen LogP contribution is -2.35. The highest BCUT2D eigenvalue weighted by Crippen LogP contribution is 2.29. The normalized spacial score (nSPS) is 22.9. The van der Waals surface area contributed by atoms with Crippen molar-refractivity contribution >= 4 is 23.7 Å². The Bertz CT molecular complexity index is 395. The smallest absolute Gasteiger partial charge is 0.322 e. The minimum atomic E-state index is 0.332. The number of thioether (sulfide) groups is 1. The Morgan fingerprint density at radius 1 is 1.16 bits per heavy atom. The molecule has 1 saturated carbocycles. The van der Waals surface area contributed by atoms with Crippen LogP contribution in [0.4, 0.5) is 11.9 Å². The summed E-state index contributed by atoms with van der Waals surface area (Å²) in [5.74, 6) is 1.10. The molecule has 0 radical (unpaired) electrons. The van der Waals surface area contributed by atoms with Gasteiger partial charge in [0.1, 0.15) is 0 Å². The van der Waals surface area contributed by atoms with Crippen molar-refractivity contribution in [1.82, 2.24) is 15.0 Å². The van der Waals surface area contributed by atoms with Gasteiger partial charge in [0.25, 0.3) is 0 Å². The molecular formula is C12H21N5OS. The molecular weight excluding hydrogens is 262 g/mol. The van der Waals surface area contributed by atoms with E-state index in [2.05, 4.69) is 31.8 Å². The van der Waals surface area contributed by atoms with E-state index in [1.54, 1.807) is 14.2 Å². The van der Waals surface area contributed by atoms with Gasteiger partial charge in [-0.3, -0.25) is 0 Å². The van der Waals surface area contributed by atoms with Gasteiger partial charge in [0, 0.05) is 18.3 Å². The van der Waals surface area contributed by atoms with Crippen LogP contribution in [0.15, 0.2) is 0 Å². The van der Waals surface area contributed by atoms with Crippen LogP contribution in [0.3, 0.4) is 0 Å². The first-order valence-electron chi connectivity index (χ1n) is 6.54. The average Bonchev–Trinajstić information content (AvgIpc) is 2.47. The molecule has 6 nitrogen and oxygen atoms in total. The van der Waals surface area contributed by atoms with Crippen LogP contribution < -0.4 is 15.4 Å². The number of rotatable bonds is 5. The molecule has 1 heterocycles. The van der Waals surface area contributed by atoms with Gasteiger partial charge in [0.15, 0.2) is 0 Å². The second-order valence-electron chi connectivity index (χ2n) is 4.53. The zero-order valence-electron chi connectivity index (χ0n) is 11.6. The van der Waals surface area contributed by atoms with Crippen molar-refractivity contribution in [2.45, 2.75) is 37.0 Å². The number of hydrogen-bond donors (Lipinski definition) is 2. The quantitative estimate of drug-likeness (QED) is 0.856. The molecule has 0 spiro atoms. The standard InChI is InChI=1S/C12H21N5OS/c1-13-10-15-11(17-12(16-10)18-2)14-8-6-4-5-7-9(8)19-3/h8-9H,4-7H2,1-3H3,(H2,13,14,15,16,17). The highest BCUT2D eigenvalue weighted by molar-refractivity contribution is 7.99. The van der Waals surface area contributed by atoms with E-state index in [1.165, 1.54) is 19.3 Å². The van der Waals surface area contributed by atoms with Crippen molar-refractivity contribution in [2.24, 2.45) is 0 Å². The molecule has 2 atom stereocenters. The van der Waals surface area contributed by atoms with E-state index in [1.807, 2.05) is 11.8 Å². The number of anilines is 2. The Balaban J connectivity index is 2.12. The maximum absolute atomic E-state index is 5.09. The van der Waals surface area contributed by atoms with E-state index in [4.69, 9.17) is 4.74 Å². The monoisotopic (exact) mass is 283 g/mol. The summed E-state index contributed by atoms with van der Waals surface area (Å²) in [7, 11) is 3.34. The van der Waals surface area contributed by atoms with Gasteiger partial charge in [-0.05, 0) is 19.1 Å². The Kier molecular flexibility index (Phi) is 5.07. The molecule has 1 aromatic rings. The third-order valence-corrected chi connectivity index (χ3v) is 4.51. The van der Waals surface area contributed by atoms with Crippen molar-refractivity contribution in [3.8, 4) is 6.01 Å². The van der Waals surface area contributed by atoms with Gasteiger partial charge in [-0.2, -0.15) is 26.7 Å². The maximum Gasteiger partial charge on any atom is 0.322 e. The van der Waals surface area contributed by atoms with Crippen molar-refractivity contribution in [2.75, 3.05) is 31.0 Å². The van der Waals surface area contributed by atoms with Crippen LogP contribution in [0, 0.1) is 0 Å². The molecule has 7 heteroatoms. The summed E-state index contributed by atoms with van der Waals surface area (Å²) in [4.78, 5) is 12.7. The van der Waals surface area contributed by atoms with Crippen LogP contribution in [0.5, 0.6) is 6.01 Å². The summed E-state index contributed by atoms with van der Waals surface area (Å²) < 4.78 is 5.09. The maximum atomic E-state index is 5.09. The highest BCUT2D eigenvalue weighted by atomic mass is 32.2. The average molecular weight is 283 g/mol. The highest BCUT2D eigenvalue weighted by Gasteiger charge is 2.25. The number of ether oxygens (including phenoxy) is 1. The number of nitrogens with one attached hydrogen (secondary N) is 2. The van der Waals surface area contributed by atoms with Gasteiger partial charge in [0.2, 0.25) is 11.9 Å². The van der Waals surface area contributed by atoms with Crippen LogP contribution in [-0.4, -0.2) is 46.7 Å². The fourth-order valence-electron chi connectivity index (χ4n) is 2.33. The van der Waals surface area contributed by atoms with Crippen LogP contribution in [0.25, 0.3) is 0 Å². The van der Waals surface area contributed by atoms with Crippen LogP contribution in [0.1, 0.15) is 25.7 Å². The molecule has 1 aromatic heterocycles. The Morgan fingerprint density at radius 2 is 1.89 bits per heavy atom. The molecule has 1 aliphatic rings. The van der Waals surface area contributed by atoms with Crippen molar-refractivity contribution < 1.29 is 4.74 Å². The molecule has 19 heavy (non-hydrogen) atoms. The van der Waals surface area contributed by atoms with Crippen LogP contribution in [0.2, 0.25) is 0 Å². The lowest BCUT2D eigenvalue weighted by molar-refractivity contribution is 0.379. The van der Waals surface area contributed by atoms with Gasteiger partial charge >= 0.3 is 6.01 Å². The predicted molar refractivity (Wildman–Crippen MR) is 79.1 cm³/mol. The molecule has 1 aliphatic carbocycles. The largest absolute Gasteiger partial charge is 0.467 e. The summed E-state index contributed by atoms with van der Waals surface area (Å²) in [6, 6.07) is 0.749. The van der Waals surface area contributed by atoms with E-state index >= 15 is 0 Å². The Hall–Kier alpha value is -1.24. The number of methoxy groups -OCH3 is 1. The molecule has 0 amide bonds. The first kappa shape index (κ1) is 14.2. The topological polar surface area (TPSA) is 72.0 Å². The predicted octanol–water partition coefficient (Wildman–Crippen LogP) is 2.01. The molecule has 0 aliphatic heterocycles. The van der Waals surface area contributed by atoms with E-state index in [0.717, 1.165) is 6.42 Å². The third-order valence-electron chi connectivity index (χ3n) is 3.34. The van der Waals surface area contributed by atoms with E-state index in [-0.39, 0.29) is 0 Å².